The fraction of sp³-hybridized carbons (Fsp3) is 0.240. The SMILES string of the molecule is Cc1ccc(S(=O)(=O)N(CC(=O)N[C@H](C)c2ccccc2)Cc2cccc(C)c2)cc1. The van der Waals surface area contributed by atoms with Crippen LogP contribution in [0.1, 0.15) is 35.2 Å². The zero-order chi connectivity index (χ0) is 22.4. The van der Waals surface area contributed by atoms with E-state index >= 15 is 0 Å². The Morgan fingerprint density at radius 2 is 1.58 bits per heavy atom. The molecule has 5 nitrogen and oxygen atoms in total. The highest BCUT2D eigenvalue weighted by atomic mass is 32.2. The number of aryl methyl sites for hydroxylation is 2. The number of hydrogen-bond acceptors (Lipinski definition) is 3. The minimum atomic E-state index is -3.85. The first-order valence-electron chi connectivity index (χ1n) is 10.2. The Hall–Kier alpha value is -2.96. The summed E-state index contributed by atoms with van der Waals surface area (Å²) in [6.07, 6.45) is 0. The minimum absolute atomic E-state index is 0.116. The van der Waals surface area contributed by atoms with Crippen LogP contribution in [0.3, 0.4) is 0 Å². The Morgan fingerprint density at radius 3 is 2.23 bits per heavy atom. The van der Waals surface area contributed by atoms with Gasteiger partial charge in [0.15, 0.2) is 0 Å². The Bertz CT molecular complexity index is 1130. The number of rotatable bonds is 8. The third kappa shape index (κ3) is 6.03. The molecule has 6 heteroatoms. The van der Waals surface area contributed by atoms with Gasteiger partial charge in [0.2, 0.25) is 15.9 Å². The first-order chi connectivity index (χ1) is 14.8. The first-order valence-corrected chi connectivity index (χ1v) is 11.7. The third-order valence-corrected chi connectivity index (χ3v) is 6.90. The van der Waals surface area contributed by atoms with Crippen LogP contribution in [0, 0.1) is 13.8 Å². The molecule has 0 aliphatic carbocycles. The molecule has 1 amide bonds. The van der Waals surface area contributed by atoms with Gasteiger partial charge in [-0.3, -0.25) is 4.79 Å². The molecule has 0 saturated carbocycles. The number of hydrogen-bond donors (Lipinski definition) is 1. The maximum Gasteiger partial charge on any atom is 0.243 e. The predicted molar refractivity (Wildman–Crippen MR) is 123 cm³/mol. The Kier molecular flexibility index (Phi) is 7.25. The van der Waals surface area contributed by atoms with Crippen LogP contribution < -0.4 is 5.32 Å². The van der Waals surface area contributed by atoms with Gasteiger partial charge in [0, 0.05) is 6.54 Å². The van der Waals surface area contributed by atoms with Crippen LogP contribution in [-0.2, 0) is 21.4 Å². The van der Waals surface area contributed by atoms with Crippen molar-refractivity contribution < 1.29 is 13.2 Å². The number of amides is 1. The van der Waals surface area contributed by atoms with E-state index < -0.39 is 10.0 Å². The lowest BCUT2D eigenvalue weighted by Crippen LogP contribution is -2.41. The van der Waals surface area contributed by atoms with Crippen LogP contribution in [0.15, 0.2) is 83.8 Å². The van der Waals surface area contributed by atoms with Crippen LogP contribution in [0.2, 0.25) is 0 Å². The average molecular weight is 437 g/mol. The molecule has 0 aliphatic rings. The summed E-state index contributed by atoms with van der Waals surface area (Å²) in [5.74, 6) is -0.348. The lowest BCUT2D eigenvalue weighted by atomic mass is 10.1. The summed E-state index contributed by atoms with van der Waals surface area (Å²) in [5.41, 5.74) is 3.80. The van der Waals surface area contributed by atoms with E-state index in [0.717, 1.165) is 22.3 Å². The van der Waals surface area contributed by atoms with Crippen molar-refractivity contribution in [1.29, 1.82) is 0 Å². The second-order valence-corrected chi connectivity index (χ2v) is 9.71. The van der Waals surface area contributed by atoms with Gasteiger partial charge in [0.25, 0.3) is 0 Å². The van der Waals surface area contributed by atoms with Crippen molar-refractivity contribution in [2.24, 2.45) is 0 Å². The quantitative estimate of drug-likeness (QED) is 0.570. The maximum atomic E-state index is 13.4. The molecule has 1 atom stereocenters. The second kappa shape index (κ2) is 9.90. The van der Waals surface area contributed by atoms with E-state index in [1.165, 1.54) is 4.31 Å². The molecule has 0 aliphatic heterocycles. The molecule has 0 heterocycles. The topological polar surface area (TPSA) is 66.5 Å². The summed E-state index contributed by atoms with van der Waals surface area (Å²) in [7, 11) is -3.85. The average Bonchev–Trinajstić information content (AvgIpc) is 2.74. The van der Waals surface area contributed by atoms with Gasteiger partial charge in [0.05, 0.1) is 17.5 Å². The first kappa shape index (κ1) is 22.7. The standard InChI is InChI=1S/C25H28N2O3S/c1-19-12-14-24(15-13-19)31(29,30)27(17-22-9-7-8-20(2)16-22)18-25(28)26-21(3)23-10-5-4-6-11-23/h4-16,21H,17-18H2,1-3H3,(H,26,28)/t21-/m1/s1. The molecule has 0 unspecified atom stereocenters. The number of nitrogens with zero attached hydrogens (tertiary/aromatic N) is 1. The van der Waals surface area contributed by atoms with Gasteiger partial charge >= 0.3 is 0 Å². The van der Waals surface area contributed by atoms with Crippen LogP contribution in [-0.4, -0.2) is 25.2 Å². The number of carbonyl (C=O) groups is 1. The Morgan fingerprint density at radius 1 is 0.903 bits per heavy atom. The highest BCUT2D eigenvalue weighted by molar-refractivity contribution is 7.89. The zero-order valence-corrected chi connectivity index (χ0v) is 18.9. The minimum Gasteiger partial charge on any atom is -0.348 e. The molecule has 1 N–H and O–H groups in total. The molecule has 0 saturated heterocycles. The Labute approximate surface area is 184 Å². The van der Waals surface area contributed by atoms with Gasteiger partial charge < -0.3 is 5.32 Å². The summed E-state index contributed by atoms with van der Waals surface area (Å²) < 4.78 is 28.0. The molecule has 162 valence electrons. The van der Waals surface area contributed by atoms with E-state index in [2.05, 4.69) is 5.32 Å². The summed E-state index contributed by atoms with van der Waals surface area (Å²) in [5, 5.41) is 2.91. The van der Waals surface area contributed by atoms with Gasteiger partial charge in [-0.05, 0) is 44.0 Å². The van der Waals surface area contributed by atoms with Gasteiger partial charge in [-0.2, -0.15) is 4.31 Å². The van der Waals surface area contributed by atoms with Crippen molar-refractivity contribution in [1.82, 2.24) is 9.62 Å². The molecule has 3 aromatic carbocycles. The van der Waals surface area contributed by atoms with Gasteiger partial charge in [0.1, 0.15) is 0 Å². The van der Waals surface area contributed by atoms with E-state index in [-0.39, 0.29) is 29.9 Å². The molecule has 0 bridgehead atoms. The largest absolute Gasteiger partial charge is 0.348 e. The monoisotopic (exact) mass is 436 g/mol. The molecule has 0 spiro atoms. The van der Waals surface area contributed by atoms with Crippen LogP contribution in [0.25, 0.3) is 0 Å². The molecular weight excluding hydrogens is 408 g/mol. The highest BCUT2D eigenvalue weighted by Gasteiger charge is 2.27. The van der Waals surface area contributed by atoms with Gasteiger partial charge in [-0.15, -0.1) is 0 Å². The summed E-state index contributed by atoms with van der Waals surface area (Å²) in [6.45, 7) is 5.59. The number of sulfonamides is 1. The van der Waals surface area contributed by atoms with E-state index in [4.69, 9.17) is 0 Å². The molecular formula is C25H28N2O3S. The lowest BCUT2D eigenvalue weighted by Gasteiger charge is -2.23. The van der Waals surface area contributed by atoms with Crippen molar-refractivity contribution in [2.75, 3.05) is 6.54 Å². The third-order valence-electron chi connectivity index (χ3n) is 5.10. The normalized spacial score (nSPS) is 12.5. The van der Waals surface area contributed by atoms with E-state index in [0.29, 0.717) is 0 Å². The highest BCUT2D eigenvalue weighted by Crippen LogP contribution is 2.20. The molecule has 31 heavy (non-hydrogen) atoms. The van der Waals surface area contributed by atoms with Crippen LogP contribution in [0.4, 0.5) is 0 Å². The zero-order valence-electron chi connectivity index (χ0n) is 18.1. The van der Waals surface area contributed by atoms with Crippen molar-refractivity contribution in [2.45, 2.75) is 38.3 Å². The fourth-order valence-electron chi connectivity index (χ4n) is 3.37. The van der Waals surface area contributed by atoms with Gasteiger partial charge in [-0.25, -0.2) is 8.42 Å². The smallest absolute Gasteiger partial charge is 0.243 e. The van der Waals surface area contributed by atoms with Gasteiger partial charge in [-0.1, -0.05) is 77.9 Å². The van der Waals surface area contributed by atoms with Crippen molar-refractivity contribution in [3.63, 3.8) is 0 Å². The van der Waals surface area contributed by atoms with Crippen LogP contribution >= 0.6 is 0 Å². The maximum absolute atomic E-state index is 13.4. The summed E-state index contributed by atoms with van der Waals surface area (Å²) in [6, 6.07) is 23.7. The van der Waals surface area contributed by atoms with Crippen molar-refractivity contribution in [3.8, 4) is 0 Å². The number of benzene rings is 3. The van der Waals surface area contributed by atoms with Crippen molar-refractivity contribution in [3.05, 3.63) is 101 Å². The van der Waals surface area contributed by atoms with E-state index in [1.54, 1.807) is 24.3 Å². The Balaban J connectivity index is 1.84. The molecule has 3 aromatic rings. The second-order valence-electron chi connectivity index (χ2n) is 7.78. The van der Waals surface area contributed by atoms with E-state index in [9.17, 15) is 13.2 Å². The predicted octanol–water partition coefficient (Wildman–Crippen LogP) is 4.37. The summed E-state index contributed by atoms with van der Waals surface area (Å²) in [4.78, 5) is 13.0. The fourth-order valence-corrected chi connectivity index (χ4v) is 4.76. The van der Waals surface area contributed by atoms with Crippen molar-refractivity contribution >= 4 is 15.9 Å². The lowest BCUT2D eigenvalue weighted by molar-refractivity contribution is -0.122. The summed E-state index contributed by atoms with van der Waals surface area (Å²) >= 11 is 0. The number of nitrogens with one attached hydrogen (secondary N) is 1. The molecule has 0 fully saturated rings. The molecule has 3 rings (SSSR count). The molecule has 0 aromatic heterocycles. The van der Waals surface area contributed by atoms with E-state index in [1.807, 2.05) is 75.4 Å². The molecule has 0 radical (unpaired) electrons. The number of carbonyl (C=O) groups excluding carboxylic acids is 1. The van der Waals surface area contributed by atoms with Crippen LogP contribution in [0.5, 0.6) is 0 Å².